The molecule has 2 aromatic rings. The second kappa shape index (κ2) is 7.64. The van der Waals surface area contributed by atoms with Gasteiger partial charge >= 0.3 is 0 Å². The normalized spacial score (nSPS) is 18.9. The lowest BCUT2D eigenvalue weighted by molar-refractivity contribution is 0.147. The van der Waals surface area contributed by atoms with Crippen LogP contribution in [0, 0.1) is 5.82 Å². The minimum absolute atomic E-state index is 0.0589. The van der Waals surface area contributed by atoms with Gasteiger partial charge in [0, 0.05) is 43.5 Å². The highest BCUT2D eigenvalue weighted by atomic mass is 19.1. The molecule has 1 fully saturated rings. The molecule has 0 bridgehead atoms. The molecule has 2 aliphatic heterocycles. The third-order valence-electron chi connectivity index (χ3n) is 5.49. The van der Waals surface area contributed by atoms with Gasteiger partial charge in [-0.05, 0) is 54.8 Å². The number of nitrogens with zero attached hydrogens (tertiary/aromatic N) is 2. The summed E-state index contributed by atoms with van der Waals surface area (Å²) in [6.45, 7) is 4.51. The van der Waals surface area contributed by atoms with Gasteiger partial charge in [-0.25, -0.2) is 4.39 Å². The van der Waals surface area contributed by atoms with Crippen molar-refractivity contribution < 1.29 is 14.2 Å². The van der Waals surface area contributed by atoms with E-state index in [2.05, 4.69) is 15.9 Å². The van der Waals surface area contributed by atoms with Crippen molar-refractivity contribution in [3.8, 4) is 5.75 Å². The van der Waals surface area contributed by atoms with Gasteiger partial charge in [0.25, 0.3) is 0 Å². The molecule has 1 saturated heterocycles. The van der Waals surface area contributed by atoms with E-state index in [4.69, 9.17) is 4.74 Å². The zero-order chi connectivity index (χ0) is 17.9. The molecule has 2 aliphatic rings. The van der Waals surface area contributed by atoms with Crippen LogP contribution in [0.5, 0.6) is 5.75 Å². The fraction of sp³-hybridized carbons (Fsp3) is 0.429. The average Bonchev–Trinajstić information content (AvgIpc) is 2.90. The Morgan fingerprint density at radius 1 is 1.04 bits per heavy atom. The van der Waals surface area contributed by atoms with Crippen molar-refractivity contribution in [2.75, 3.05) is 31.1 Å². The Labute approximate surface area is 153 Å². The third-order valence-corrected chi connectivity index (χ3v) is 5.49. The van der Waals surface area contributed by atoms with Gasteiger partial charge in [-0.2, -0.15) is 0 Å². The van der Waals surface area contributed by atoms with Crippen LogP contribution in [0.4, 0.5) is 10.1 Å². The Morgan fingerprint density at radius 3 is 2.54 bits per heavy atom. The molecular formula is C21H25FN2O2. The minimum atomic E-state index is -0.186. The van der Waals surface area contributed by atoms with Crippen molar-refractivity contribution >= 4 is 5.69 Å². The molecule has 1 N–H and O–H groups in total. The number of anilines is 1. The smallest absolute Gasteiger partial charge is 0.123 e. The van der Waals surface area contributed by atoms with Crippen molar-refractivity contribution in [1.82, 2.24) is 4.90 Å². The molecule has 0 saturated carbocycles. The van der Waals surface area contributed by atoms with Crippen LogP contribution in [-0.2, 0) is 13.2 Å². The van der Waals surface area contributed by atoms with Gasteiger partial charge in [-0.3, -0.25) is 4.90 Å². The van der Waals surface area contributed by atoms with E-state index < -0.39 is 0 Å². The standard InChI is InChI=1S/C21H25FN2O2/c22-18-2-4-19(5-3-18)23-9-7-20(8-10-23)24-11-12-26-21-6-1-16(15-25)13-17(21)14-24/h1-6,13,20,25H,7-12,14-15H2. The predicted molar refractivity (Wildman–Crippen MR) is 99.9 cm³/mol. The van der Waals surface area contributed by atoms with E-state index in [0.717, 1.165) is 61.6 Å². The number of rotatable bonds is 3. The molecular weight excluding hydrogens is 331 g/mol. The number of hydrogen-bond acceptors (Lipinski definition) is 4. The summed E-state index contributed by atoms with van der Waals surface area (Å²) in [5.74, 6) is 0.752. The maximum Gasteiger partial charge on any atom is 0.123 e. The molecule has 4 rings (SSSR count). The molecule has 0 unspecified atom stereocenters. The predicted octanol–water partition coefficient (Wildman–Crippen LogP) is 3.18. The largest absolute Gasteiger partial charge is 0.492 e. The van der Waals surface area contributed by atoms with Crippen LogP contribution >= 0.6 is 0 Å². The summed E-state index contributed by atoms with van der Waals surface area (Å²) in [5, 5.41) is 9.40. The monoisotopic (exact) mass is 356 g/mol. The molecule has 2 heterocycles. The summed E-state index contributed by atoms with van der Waals surface area (Å²) in [6, 6.07) is 13.3. The first kappa shape index (κ1) is 17.3. The van der Waals surface area contributed by atoms with Crippen molar-refractivity contribution in [2.24, 2.45) is 0 Å². The summed E-state index contributed by atoms with van der Waals surface area (Å²) in [5.41, 5.74) is 3.19. The first-order chi connectivity index (χ1) is 12.7. The molecule has 138 valence electrons. The highest BCUT2D eigenvalue weighted by Crippen LogP contribution is 2.29. The van der Waals surface area contributed by atoms with E-state index in [-0.39, 0.29) is 12.4 Å². The fourth-order valence-electron chi connectivity index (χ4n) is 4.02. The van der Waals surface area contributed by atoms with Gasteiger partial charge < -0.3 is 14.7 Å². The molecule has 4 nitrogen and oxygen atoms in total. The van der Waals surface area contributed by atoms with Gasteiger partial charge in [0.15, 0.2) is 0 Å². The Balaban J connectivity index is 1.41. The first-order valence-corrected chi connectivity index (χ1v) is 9.33. The fourth-order valence-corrected chi connectivity index (χ4v) is 4.02. The zero-order valence-corrected chi connectivity index (χ0v) is 14.9. The number of hydrogen-bond donors (Lipinski definition) is 1. The quantitative estimate of drug-likeness (QED) is 0.916. The van der Waals surface area contributed by atoms with Crippen LogP contribution in [-0.4, -0.2) is 42.3 Å². The molecule has 0 spiro atoms. The molecule has 2 aromatic carbocycles. The number of aliphatic hydroxyl groups excluding tert-OH is 1. The van der Waals surface area contributed by atoms with E-state index in [1.807, 2.05) is 24.3 Å². The van der Waals surface area contributed by atoms with Gasteiger partial charge in [0.1, 0.15) is 18.2 Å². The van der Waals surface area contributed by atoms with Crippen molar-refractivity contribution in [2.45, 2.75) is 32.0 Å². The number of halogens is 1. The van der Waals surface area contributed by atoms with E-state index in [0.29, 0.717) is 12.6 Å². The molecule has 5 heteroatoms. The zero-order valence-electron chi connectivity index (χ0n) is 14.9. The number of benzene rings is 2. The van der Waals surface area contributed by atoms with Gasteiger partial charge in [-0.1, -0.05) is 6.07 Å². The van der Waals surface area contributed by atoms with Crippen molar-refractivity contribution in [3.05, 3.63) is 59.4 Å². The average molecular weight is 356 g/mol. The summed E-state index contributed by atoms with van der Waals surface area (Å²) in [4.78, 5) is 4.84. The van der Waals surface area contributed by atoms with Crippen LogP contribution in [0.2, 0.25) is 0 Å². The Morgan fingerprint density at radius 2 is 1.81 bits per heavy atom. The SMILES string of the molecule is OCc1ccc2c(c1)CN(C1CCN(c3ccc(F)cc3)CC1)CCO2. The highest BCUT2D eigenvalue weighted by Gasteiger charge is 2.27. The van der Waals surface area contributed by atoms with Crippen molar-refractivity contribution in [1.29, 1.82) is 0 Å². The number of ether oxygens (including phenoxy) is 1. The lowest BCUT2D eigenvalue weighted by Crippen LogP contribution is -2.45. The first-order valence-electron chi connectivity index (χ1n) is 9.33. The van der Waals surface area contributed by atoms with Crippen LogP contribution < -0.4 is 9.64 Å². The third kappa shape index (κ3) is 3.69. The Bertz CT molecular complexity index is 742. The van der Waals surface area contributed by atoms with E-state index in [1.165, 1.54) is 12.1 Å². The van der Waals surface area contributed by atoms with Crippen LogP contribution in [0.3, 0.4) is 0 Å². The van der Waals surface area contributed by atoms with Crippen LogP contribution in [0.15, 0.2) is 42.5 Å². The van der Waals surface area contributed by atoms with Gasteiger partial charge in [0.2, 0.25) is 0 Å². The summed E-state index contributed by atoms with van der Waals surface area (Å²) >= 11 is 0. The van der Waals surface area contributed by atoms with Crippen molar-refractivity contribution in [3.63, 3.8) is 0 Å². The van der Waals surface area contributed by atoms with Gasteiger partial charge in [-0.15, -0.1) is 0 Å². The molecule has 0 radical (unpaired) electrons. The number of fused-ring (bicyclic) bond motifs is 1. The summed E-state index contributed by atoms with van der Waals surface area (Å²) < 4.78 is 19.0. The summed E-state index contributed by atoms with van der Waals surface area (Å²) in [6.07, 6.45) is 2.18. The maximum atomic E-state index is 13.1. The second-order valence-electron chi connectivity index (χ2n) is 7.11. The highest BCUT2D eigenvalue weighted by molar-refractivity contribution is 5.46. The number of aliphatic hydroxyl groups is 1. The molecule has 0 aromatic heterocycles. The lowest BCUT2D eigenvalue weighted by Gasteiger charge is -2.39. The Hall–Kier alpha value is -2.11. The topological polar surface area (TPSA) is 35.9 Å². The Kier molecular flexibility index (Phi) is 5.09. The van der Waals surface area contributed by atoms with E-state index in [9.17, 15) is 9.50 Å². The summed E-state index contributed by atoms with van der Waals surface area (Å²) in [7, 11) is 0. The van der Waals surface area contributed by atoms with E-state index in [1.54, 1.807) is 0 Å². The molecule has 0 amide bonds. The molecule has 0 aliphatic carbocycles. The lowest BCUT2D eigenvalue weighted by atomic mass is 10.0. The van der Waals surface area contributed by atoms with Crippen LogP contribution in [0.25, 0.3) is 0 Å². The second-order valence-corrected chi connectivity index (χ2v) is 7.11. The maximum absolute atomic E-state index is 13.1. The van der Waals surface area contributed by atoms with Gasteiger partial charge in [0.05, 0.1) is 6.61 Å². The molecule has 0 atom stereocenters. The molecule has 26 heavy (non-hydrogen) atoms. The number of piperidine rings is 1. The minimum Gasteiger partial charge on any atom is -0.492 e. The van der Waals surface area contributed by atoms with Crippen LogP contribution in [0.1, 0.15) is 24.0 Å². The van der Waals surface area contributed by atoms with E-state index >= 15 is 0 Å².